The normalized spacial score (nSPS) is 26.1. The van der Waals surface area contributed by atoms with Crippen molar-refractivity contribution in [2.24, 2.45) is 5.92 Å². The molecule has 5 nitrogen and oxygen atoms in total. The Bertz CT molecular complexity index is 332. The van der Waals surface area contributed by atoms with E-state index < -0.39 is 10.1 Å². The number of ether oxygens (including phenoxy) is 1. The molecule has 1 rings (SSSR count). The first kappa shape index (κ1) is 13.5. The van der Waals surface area contributed by atoms with Crippen LogP contribution in [0.3, 0.4) is 0 Å². The van der Waals surface area contributed by atoms with Gasteiger partial charge >= 0.3 is 13.5 Å². The van der Waals surface area contributed by atoms with E-state index in [0.29, 0.717) is 0 Å². The van der Waals surface area contributed by atoms with Crippen LogP contribution in [0.25, 0.3) is 0 Å². The van der Waals surface area contributed by atoms with Gasteiger partial charge in [-0.3, -0.25) is 4.79 Å². The third-order valence-corrected chi connectivity index (χ3v) is 3.19. The van der Waals surface area contributed by atoms with Crippen LogP contribution >= 0.6 is 0 Å². The van der Waals surface area contributed by atoms with Crippen LogP contribution in [-0.4, -0.2) is 35.2 Å². The Kier molecular flexibility index (Phi) is 4.79. The van der Waals surface area contributed by atoms with E-state index in [1.54, 1.807) is 0 Å². The van der Waals surface area contributed by atoms with Gasteiger partial charge in [-0.2, -0.15) is 0 Å². The summed E-state index contributed by atoms with van der Waals surface area (Å²) in [6, 6.07) is 0. The Morgan fingerprint density at radius 3 is 2.25 bits per heavy atom. The summed E-state index contributed by atoms with van der Waals surface area (Å²) in [5, 5.41) is 0. The van der Waals surface area contributed by atoms with E-state index >= 15 is 0 Å². The number of rotatable bonds is 4. The molecule has 1 aliphatic rings. The molecule has 0 amide bonds. The Morgan fingerprint density at radius 2 is 1.81 bits per heavy atom. The van der Waals surface area contributed by atoms with E-state index in [0.717, 1.165) is 31.9 Å². The van der Waals surface area contributed by atoms with Crippen molar-refractivity contribution in [1.82, 2.24) is 0 Å². The summed E-state index contributed by atoms with van der Waals surface area (Å²) in [6.45, 7) is 0. The molecule has 0 heterocycles. The van der Waals surface area contributed by atoms with Crippen molar-refractivity contribution in [3.63, 3.8) is 0 Å². The first-order valence-corrected chi connectivity index (χ1v) is 7.03. The minimum absolute atomic E-state index is 0.0483. The molecule has 7 heteroatoms. The minimum atomic E-state index is -3.41. The van der Waals surface area contributed by atoms with Crippen LogP contribution in [0.15, 0.2) is 0 Å². The molecule has 1 saturated carbocycles. The lowest BCUT2D eigenvalue weighted by molar-refractivity contribution is -0.146. The molecule has 1 fully saturated rings. The van der Waals surface area contributed by atoms with Crippen LogP contribution in [0.5, 0.6) is 0 Å². The fraction of sp³-hybridized carbons (Fsp3) is 0.889. The molecule has 0 unspecified atom stereocenters. The lowest BCUT2D eigenvalue weighted by Crippen LogP contribution is -2.24. The Labute approximate surface area is 96.9 Å². The van der Waals surface area contributed by atoms with Gasteiger partial charge in [-0.05, 0) is 18.7 Å². The molecule has 0 atom stereocenters. The topological polar surface area (TPSA) is 69.7 Å². The fourth-order valence-corrected chi connectivity index (χ4v) is 2.20. The summed E-state index contributed by atoms with van der Waals surface area (Å²) >= 11 is 0. The van der Waals surface area contributed by atoms with Gasteiger partial charge in [0.15, 0.2) is 0 Å². The minimum Gasteiger partial charge on any atom is -0.469 e. The highest BCUT2D eigenvalue weighted by atomic mass is 32.2. The second-order valence-corrected chi connectivity index (χ2v) is 5.67. The average molecular weight is 247 g/mol. The van der Waals surface area contributed by atoms with Gasteiger partial charge in [-0.25, -0.2) is 8.42 Å². The first-order chi connectivity index (χ1) is 7.42. The predicted molar refractivity (Wildman–Crippen MR) is 59.4 cm³/mol. The van der Waals surface area contributed by atoms with Gasteiger partial charge in [-0.15, -0.1) is 0 Å². The van der Waals surface area contributed by atoms with Crippen molar-refractivity contribution in [2.45, 2.75) is 31.5 Å². The highest BCUT2D eigenvalue weighted by Crippen LogP contribution is 2.32. The molecular weight excluding hydrogens is 231 g/mol. The van der Waals surface area contributed by atoms with Crippen LogP contribution in [0.2, 0.25) is 5.82 Å². The van der Waals surface area contributed by atoms with Gasteiger partial charge in [-0.1, -0.05) is 12.8 Å². The van der Waals surface area contributed by atoms with E-state index in [1.807, 2.05) is 0 Å². The van der Waals surface area contributed by atoms with E-state index in [2.05, 4.69) is 8.84 Å². The summed E-state index contributed by atoms with van der Waals surface area (Å²) in [5.74, 6) is -0.119. The molecule has 0 aromatic rings. The molecule has 0 bridgehead atoms. The maximum atomic E-state index is 11.2. The summed E-state index contributed by atoms with van der Waals surface area (Å²) < 4.78 is 30.8. The number of hydrogen-bond acceptors (Lipinski definition) is 5. The molecule has 91 valence electrons. The second kappa shape index (κ2) is 5.68. The van der Waals surface area contributed by atoms with Crippen LogP contribution < -0.4 is 0 Å². The smallest absolute Gasteiger partial charge is 0.323 e. The number of carbonyl (C=O) groups is 1. The highest BCUT2D eigenvalue weighted by Gasteiger charge is 2.28. The lowest BCUT2D eigenvalue weighted by Gasteiger charge is -2.25. The van der Waals surface area contributed by atoms with E-state index in [-0.39, 0.29) is 17.7 Å². The largest absolute Gasteiger partial charge is 0.469 e. The molecule has 0 saturated heterocycles. The third-order valence-electron chi connectivity index (χ3n) is 2.73. The third kappa shape index (κ3) is 4.53. The summed E-state index contributed by atoms with van der Waals surface area (Å²) in [4.78, 5) is 11.2. The van der Waals surface area contributed by atoms with Crippen molar-refractivity contribution in [3.05, 3.63) is 0 Å². The number of esters is 1. The van der Waals surface area contributed by atoms with Gasteiger partial charge in [0.2, 0.25) is 10.1 Å². The van der Waals surface area contributed by atoms with Crippen LogP contribution in [0.4, 0.5) is 0 Å². The molecule has 1 radical (unpaired) electrons. The molecule has 1 aliphatic carbocycles. The van der Waals surface area contributed by atoms with Crippen molar-refractivity contribution < 1.29 is 22.0 Å². The molecule has 0 N–H and O–H groups in total. The zero-order valence-corrected chi connectivity index (χ0v) is 10.3. The SMILES string of the molecule is COC(=O)C1CCC([B]OS(C)(=O)=O)CC1. The monoisotopic (exact) mass is 247 g/mol. The quantitative estimate of drug-likeness (QED) is 0.541. The van der Waals surface area contributed by atoms with E-state index in [1.165, 1.54) is 14.6 Å². The first-order valence-electron chi connectivity index (χ1n) is 5.22. The van der Waals surface area contributed by atoms with Crippen molar-refractivity contribution in [2.75, 3.05) is 13.4 Å². The summed E-state index contributed by atoms with van der Waals surface area (Å²) in [7, 11) is -0.659. The maximum absolute atomic E-state index is 11.2. The lowest BCUT2D eigenvalue weighted by atomic mass is 9.68. The molecule has 0 aromatic carbocycles. The van der Waals surface area contributed by atoms with E-state index in [4.69, 9.17) is 0 Å². The van der Waals surface area contributed by atoms with Gasteiger partial charge < -0.3 is 8.84 Å². The van der Waals surface area contributed by atoms with Gasteiger partial charge in [0.25, 0.3) is 0 Å². The van der Waals surface area contributed by atoms with Gasteiger partial charge in [0.05, 0.1) is 19.3 Å². The number of methoxy groups -OCH3 is 1. The predicted octanol–water partition coefficient (Wildman–Crippen LogP) is 0.733. The Hall–Kier alpha value is -0.555. The van der Waals surface area contributed by atoms with Crippen LogP contribution in [-0.2, 0) is 23.8 Å². The second-order valence-electron chi connectivity index (χ2n) is 4.07. The summed E-state index contributed by atoms with van der Waals surface area (Å²) in [5.41, 5.74) is 0. The van der Waals surface area contributed by atoms with Crippen molar-refractivity contribution in [1.29, 1.82) is 0 Å². The van der Waals surface area contributed by atoms with Crippen LogP contribution in [0.1, 0.15) is 25.7 Å². The summed E-state index contributed by atoms with van der Waals surface area (Å²) in [6.07, 6.45) is 3.98. The average Bonchev–Trinajstić information content (AvgIpc) is 2.25. The molecule has 0 aliphatic heterocycles. The number of hydrogen-bond donors (Lipinski definition) is 0. The van der Waals surface area contributed by atoms with Crippen molar-refractivity contribution in [3.8, 4) is 0 Å². The molecule has 16 heavy (non-hydrogen) atoms. The molecule has 0 aromatic heterocycles. The zero-order valence-electron chi connectivity index (χ0n) is 9.51. The fourth-order valence-electron chi connectivity index (χ4n) is 1.84. The number of carbonyl (C=O) groups excluding carboxylic acids is 1. The van der Waals surface area contributed by atoms with Gasteiger partial charge in [0, 0.05) is 0 Å². The van der Waals surface area contributed by atoms with E-state index in [9.17, 15) is 13.2 Å². The molecule has 0 spiro atoms. The standard InChI is InChI=1S/C9H16BO5S/c1-14-9(11)7-3-5-8(6-4-7)10-15-16(2,12)13/h7-8H,3-6H2,1-2H3. The molecular formula is C9H16BO5S. The van der Waals surface area contributed by atoms with Crippen molar-refractivity contribution >= 4 is 23.6 Å². The highest BCUT2D eigenvalue weighted by molar-refractivity contribution is 7.86. The van der Waals surface area contributed by atoms with Crippen LogP contribution in [0, 0.1) is 5.92 Å². The zero-order chi connectivity index (χ0) is 12.2. The Morgan fingerprint density at radius 1 is 1.25 bits per heavy atom. The maximum Gasteiger partial charge on any atom is 0.323 e. The van der Waals surface area contributed by atoms with Gasteiger partial charge in [0.1, 0.15) is 0 Å². The Balaban J connectivity index is 2.30.